The van der Waals surface area contributed by atoms with Crippen LogP contribution in [0.15, 0.2) is 54.9 Å². The van der Waals surface area contributed by atoms with Gasteiger partial charge in [0.15, 0.2) is 0 Å². The molecule has 0 saturated carbocycles. The zero-order valence-corrected chi connectivity index (χ0v) is 22.9. The fraction of sp³-hybridized carbons (Fsp3) is 0.276. The van der Waals surface area contributed by atoms with Crippen molar-refractivity contribution in [2.75, 3.05) is 31.7 Å². The summed E-state index contributed by atoms with van der Waals surface area (Å²) in [7, 11) is 1.56. The normalized spacial score (nSPS) is 14.5. The van der Waals surface area contributed by atoms with E-state index in [4.69, 9.17) is 37.7 Å². The van der Waals surface area contributed by atoms with Crippen LogP contribution in [-0.2, 0) is 0 Å². The predicted octanol–water partition coefficient (Wildman–Crippen LogP) is 6.71. The third-order valence-electron chi connectivity index (χ3n) is 6.78. The second-order valence-electron chi connectivity index (χ2n) is 8.96. The number of anilines is 1. The van der Waals surface area contributed by atoms with Crippen molar-refractivity contribution in [2.24, 2.45) is 0 Å². The van der Waals surface area contributed by atoms with E-state index in [1.807, 2.05) is 24.3 Å². The van der Waals surface area contributed by atoms with Gasteiger partial charge in [-0.2, -0.15) is 0 Å². The number of benzene rings is 2. The third-order valence-corrected chi connectivity index (χ3v) is 7.22. The number of nitrogens with one attached hydrogen (secondary N) is 1. The number of methoxy groups -OCH3 is 1. The molecule has 1 atom stereocenters. The number of halogens is 2. The molecule has 0 aliphatic carbocycles. The predicted molar refractivity (Wildman–Crippen MR) is 152 cm³/mol. The zero-order valence-electron chi connectivity index (χ0n) is 21.4. The molecule has 4 aromatic rings. The second kappa shape index (κ2) is 11.1. The van der Waals surface area contributed by atoms with E-state index in [0.717, 1.165) is 28.0 Å². The van der Waals surface area contributed by atoms with E-state index in [-0.39, 0.29) is 11.9 Å². The molecule has 1 aliphatic rings. The van der Waals surface area contributed by atoms with Gasteiger partial charge >= 0.3 is 0 Å². The Bertz CT molecular complexity index is 1490. The van der Waals surface area contributed by atoms with Crippen LogP contribution in [0.1, 0.15) is 42.2 Å². The molecule has 38 heavy (non-hydrogen) atoms. The molecular weight excluding hydrogens is 523 g/mol. The Hall–Kier alpha value is -3.55. The Morgan fingerprint density at radius 1 is 1.11 bits per heavy atom. The van der Waals surface area contributed by atoms with Crippen LogP contribution in [0.2, 0.25) is 10.0 Å². The number of fused-ring (bicyclic) bond motifs is 2. The van der Waals surface area contributed by atoms with Gasteiger partial charge in [0.1, 0.15) is 5.75 Å². The number of hydrogen-bond acceptors (Lipinski definition) is 6. The Kier molecular flexibility index (Phi) is 7.58. The molecule has 1 N–H and O–H groups in total. The quantitative estimate of drug-likeness (QED) is 0.275. The van der Waals surface area contributed by atoms with Crippen molar-refractivity contribution in [1.82, 2.24) is 15.3 Å². The van der Waals surface area contributed by atoms with Gasteiger partial charge in [0, 0.05) is 52.9 Å². The van der Waals surface area contributed by atoms with E-state index < -0.39 is 0 Å². The van der Waals surface area contributed by atoms with Gasteiger partial charge in [-0.25, -0.2) is 4.98 Å². The van der Waals surface area contributed by atoms with Gasteiger partial charge in [-0.05, 0) is 43.7 Å². The molecule has 2 aromatic carbocycles. The van der Waals surface area contributed by atoms with Gasteiger partial charge < -0.3 is 19.7 Å². The summed E-state index contributed by atoms with van der Waals surface area (Å²) in [5.74, 6) is 0.988. The van der Waals surface area contributed by atoms with Gasteiger partial charge in [-0.15, -0.1) is 0 Å². The third kappa shape index (κ3) is 4.84. The van der Waals surface area contributed by atoms with Crippen molar-refractivity contribution < 1.29 is 14.3 Å². The van der Waals surface area contributed by atoms with E-state index in [1.54, 1.807) is 37.7 Å². The van der Waals surface area contributed by atoms with Crippen LogP contribution in [-0.4, -0.2) is 42.7 Å². The van der Waals surface area contributed by atoms with Crippen LogP contribution in [0.4, 0.5) is 5.69 Å². The molecule has 1 amide bonds. The Morgan fingerprint density at radius 3 is 2.55 bits per heavy atom. The molecule has 1 aliphatic heterocycles. The van der Waals surface area contributed by atoms with E-state index in [9.17, 15) is 4.79 Å². The maximum Gasteiger partial charge on any atom is 0.255 e. The van der Waals surface area contributed by atoms with Crippen molar-refractivity contribution in [3.63, 3.8) is 0 Å². The zero-order chi connectivity index (χ0) is 26.8. The number of carbonyl (C=O) groups is 1. The number of carbonyl (C=O) groups excluding carboxylic acids is 1. The van der Waals surface area contributed by atoms with E-state index >= 15 is 0 Å². The molecule has 196 valence electrons. The summed E-state index contributed by atoms with van der Waals surface area (Å²) < 4.78 is 11.4. The summed E-state index contributed by atoms with van der Waals surface area (Å²) in [6.07, 6.45) is 4.03. The van der Waals surface area contributed by atoms with Crippen molar-refractivity contribution in [2.45, 2.75) is 26.3 Å². The SMILES string of the molecule is CCN(CC)c1c(C(=O)N[C@H]2CCOc3ccccc32)cnc2c(-c3cc(Cl)cc(Cl)c3)c(OC)ncc12. The lowest BCUT2D eigenvalue weighted by atomic mass is 9.99. The Labute approximate surface area is 231 Å². The maximum atomic E-state index is 13.8. The first-order valence-corrected chi connectivity index (χ1v) is 13.3. The fourth-order valence-electron chi connectivity index (χ4n) is 5.02. The first kappa shape index (κ1) is 26.1. The van der Waals surface area contributed by atoms with Crippen molar-refractivity contribution in [3.05, 3.63) is 76.0 Å². The fourth-order valence-corrected chi connectivity index (χ4v) is 5.54. The van der Waals surface area contributed by atoms with Crippen LogP contribution in [0, 0.1) is 0 Å². The number of nitrogens with zero attached hydrogens (tertiary/aromatic N) is 3. The van der Waals surface area contributed by atoms with Crippen molar-refractivity contribution in [1.29, 1.82) is 0 Å². The van der Waals surface area contributed by atoms with Gasteiger partial charge in [-0.1, -0.05) is 41.4 Å². The van der Waals surface area contributed by atoms with Crippen LogP contribution in [0.5, 0.6) is 11.6 Å². The summed E-state index contributed by atoms with van der Waals surface area (Å²) in [6.45, 7) is 6.04. The molecule has 0 fully saturated rings. The van der Waals surface area contributed by atoms with E-state index in [0.29, 0.717) is 58.7 Å². The van der Waals surface area contributed by atoms with Gasteiger partial charge in [0.2, 0.25) is 5.88 Å². The summed E-state index contributed by atoms with van der Waals surface area (Å²) in [4.78, 5) is 25.3. The van der Waals surface area contributed by atoms with Crippen molar-refractivity contribution in [3.8, 4) is 22.8 Å². The number of para-hydroxylation sites is 1. The molecule has 0 radical (unpaired) electrons. The molecule has 0 unspecified atom stereocenters. The van der Waals surface area contributed by atoms with Crippen LogP contribution < -0.4 is 19.7 Å². The standard InChI is InChI=1S/C29H28Cl2N4O3/c1-4-35(5-2)27-21-15-33-29(37-3)25(17-12-18(30)14-19(31)13-17)26(21)32-16-22(27)28(36)34-23-10-11-38-24-9-7-6-8-20(23)24/h6-9,12-16,23H,4-5,10-11H2,1-3H3,(H,34,36)/t23-/m0/s1. The number of rotatable bonds is 7. The topological polar surface area (TPSA) is 76.6 Å². The molecular formula is C29H28Cl2N4O3. The van der Waals surface area contributed by atoms with Crippen LogP contribution in [0.3, 0.4) is 0 Å². The Morgan fingerprint density at radius 2 is 1.84 bits per heavy atom. The molecule has 3 heterocycles. The minimum absolute atomic E-state index is 0.161. The molecule has 0 saturated heterocycles. The van der Waals surface area contributed by atoms with E-state index in [1.165, 1.54) is 0 Å². The number of pyridine rings is 2. The van der Waals surface area contributed by atoms with Gasteiger partial charge in [0.25, 0.3) is 5.91 Å². The average molecular weight is 551 g/mol. The summed E-state index contributed by atoms with van der Waals surface area (Å²) >= 11 is 12.7. The molecule has 9 heteroatoms. The number of amides is 1. The highest BCUT2D eigenvalue weighted by molar-refractivity contribution is 6.35. The highest BCUT2D eigenvalue weighted by atomic mass is 35.5. The lowest BCUT2D eigenvalue weighted by Gasteiger charge is -2.29. The molecule has 7 nitrogen and oxygen atoms in total. The maximum absolute atomic E-state index is 13.8. The lowest BCUT2D eigenvalue weighted by molar-refractivity contribution is 0.0925. The summed E-state index contributed by atoms with van der Waals surface area (Å²) in [5.41, 5.74) is 4.25. The van der Waals surface area contributed by atoms with Crippen LogP contribution in [0.25, 0.3) is 22.0 Å². The summed E-state index contributed by atoms with van der Waals surface area (Å²) in [6, 6.07) is 12.9. The highest BCUT2D eigenvalue weighted by Crippen LogP contribution is 2.41. The van der Waals surface area contributed by atoms with Gasteiger partial charge in [-0.3, -0.25) is 9.78 Å². The van der Waals surface area contributed by atoms with Gasteiger partial charge in [0.05, 0.1) is 42.1 Å². The lowest BCUT2D eigenvalue weighted by Crippen LogP contribution is -2.34. The largest absolute Gasteiger partial charge is 0.493 e. The smallest absolute Gasteiger partial charge is 0.255 e. The molecule has 0 bridgehead atoms. The molecule has 0 spiro atoms. The van der Waals surface area contributed by atoms with Crippen LogP contribution >= 0.6 is 23.2 Å². The second-order valence-corrected chi connectivity index (χ2v) is 9.83. The minimum Gasteiger partial charge on any atom is -0.493 e. The first-order chi connectivity index (χ1) is 18.4. The minimum atomic E-state index is -0.203. The number of ether oxygens (including phenoxy) is 2. The molecule has 5 rings (SSSR count). The highest BCUT2D eigenvalue weighted by Gasteiger charge is 2.27. The van der Waals surface area contributed by atoms with E-state index in [2.05, 4.69) is 29.0 Å². The monoisotopic (exact) mass is 550 g/mol. The molecule has 2 aromatic heterocycles. The number of aromatic nitrogens is 2. The van der Waals surface area contributed by atoms with Crippen molar-refractivity contribution >= 4 is 45.7 Å². The average Bonchev–Trinajstić information content (AvgIpc) is 2.92. The number of hydrogen-bond donors (Lipinski definition) is 1. The Balaban J connectivity index is 1.66. The first-order valence-electron chi connectivity index (χ1n) is 12.5. The summed E-state index contributed by atoms with van der Waals surface area (Å²) in [5, 5.41) is 4.93.